The molecular formula is C29H33ClN2O3. The fourth-order valence-electron chi connectivity index (χ4n) is 4.03. The Morgan fingerprint density at radius 2 is 1.69 bits per heavy atom. The number of hydrogen-bond donors (Lipinski definition) is 1. The highest BCUT2D eigenvalue weighted by molar-refractivity contribution is 6.31. The van der Waals surface area contributed by atoms with E-state index < -0.39 is 6.04 Å². The Hall–Kier alpha value is -3.31. The highest BCUT2D eigenvalue weighted by Crippen LogP contribution is 2.24. The average molecular weight is 493 g/mol. The van der Waals surface area contributed by atoms with Crippen molar-refractivity contribution < 1.29 is 14.3 Å². The van der Waals surface area contributed by atoms with Crippen molar-refractivity contribution in [2.75, 3.05) is 13.2 Å². The number of amides is 2. The van der Waals surface area contributed by atoms with E-state index >= 15 is 0 Å². The van der Waals surface area contributed by atoms with Gasteiger partial charge in [-0.2, -0.15) is 0 Å². The Kier molecular flexibility index (Phi) is 9.32. The largest absolute Gasteiger partial charge is 0.483 e. The molecule has 5 nitrogen and oxygen atoms in total. The summed E-state index contributed by atoms with van der Waals surface area (Å²) in [7, 11) is 0. The van der Waals surface area contributed by atoms with Gasteiger partial charge >= 0.3 is 0 Å². The molecule has 0 spiro atoms. The number of benzene rings is 3. The second kappa shape index (κ2) is 12.4. The van der Waals surface area contributed by atoms with Crippen LogP contribution in [-0.4, -0.2) is 35.9 Å². The molecule has 0 heterocycles. The summed E-state index contributed by atoms with van der Waals surface area (Å²) in [5.41, 5.74) is 4.89. The molecule has 0 aliphatic carbocycles. The molecule has 0 saturated heterocycles. The van der Waals surface area contributed by atoms with Crippen molar-refractivity contribution in [2.24, 2.45) is 0 Å². The van der Waals surface area contributed by atoms with Crippen LogP contribution in [0.25, 0.3) is 0 Å². The molecule has 184 valence electrons. The predicted octanol–water partition coefficient (Wildman–Crippen LogP) is 5.42. The van der Waals surface area contributed by atoms with Gasteiger partial charge in [-0.05, 0) is 67.6 Å². The molecule has 0 aromatic heterocycles. The molecule has 2 amide bonds. The smallest absolute Gasteiger partial charge is 0.261 e. The van der Waals surface area contributed by atoms with E-state index in [4.69, 9.17) is 16.3 Å². The minimum absolute atomic E-state index is 0.182. The summed E-state index contributed by atoms with van der Waals surface area (Å²) in [5.74, 6) is 0.182. The zero-order valence-corrected chi connectivity index (χ0v) is 21.6. The normalized spacial score (nSPS) is 11.6. The fraction of sp³-hybridized carbons (Fsp3) is 0.310. The molecule has 0 bridgehead atoms. The Labute approximate surface area is 213 Å². The van der Waals surface area contributed by atoms with Crippen LogP contribution in [0, 0.1) is 20.8 Å². The van der Waals surface area contributed by atoms with Crippen LogP contribution in [0.4, 0.5) is 0 Å². The first-order valence-electron chi connectivity index (χ1n) is 11.8. The van der Waals surface area contributed by atoms with Crippen LogP contribution in [0.15, 0.2) is 66.7 Å². The number of nitrogens with zero attached hydrogens (tertiary/aromatic N) is 1. The van der Waals surface area contributed by atoms with E-state index in [2.05, 4.69) is 11.4 Å². The molecule has 0 fully saturated rings. The summed E-state index contributed by atoms with van der Waals surface area (Å²) in [4.78, 5) is 28.4. The first-order valence-corrected chi connectivity index (χ1v) is 12.2. The Bertz CT molecular complexity index is 1160. The SMILES string of the molecule is CCNC(=O)[C@@H](Cc1ccccc1)N(Cc1ccccc1Cl)C(=O)COc1cc(C)cc(C)c1C. The van der Waals surface area contributed by atoms with E-state index in [1.165, 1.54) is 0 Å². The van der Waals surface area contributed by atoms with Crippen molar-refractivity contribution in [3.8, 4) is 5.75 Å². The molecule has 6 heteroatoms. The fourth-order valence-corrected chi connectivity index (χ4v) is 4.22. The maximum Gasteiger partial charge on any atom is 0.261 e. The van der Waals surface area contributed by atoms with E-state index in [1.54, 1.807) is 11.0 Å². The number of hydrogen-bond acceptors (Lipinski definition) is 3. The number of ether oxygens (including phenoxy) is 1. The summed E-state index contributed by atoms with van der Waals surface area (Å²) >= 11 is 6.44. The van der Waals surface area contributed by atoms with Gasteiger partial charge in [0.15, 0.2) is 6.61 Å². The van der Waals surface area contributed by atoms with Gasteiger partial charge in [-0.15, -0.1) is 0 Å². The second-order valence-electron chi connectivity index (χ2n) is 8.71. The topological polar surface area (TPSA) is 58.6 Å². The number of halogens is 1. The highest BCUT2D eigenvalue weighted by atomic mass is 35.5. The van der Waals surface area contributed by atoms with Gasteiger partial charge in [0, 0.05) is 24.5 Å². The number of nitrogens with one attached hydrogen (secondary N) is 1. The van der Waals surface area contributed by atoms with Crippen molar-refractivity contribution >= 4 is 23.4 Å². The minimum Gasteiger partial charge on any atom is -0.483 e. The van der Waals surface area contributed by atoms with Crippen LogP contribution in [0.2, 0.25) is 5.02 Å². The quantitative estimate of drug-likeness (QED) is 0.411. The first kappa shape index (κ1) is 26.3. The van der Waals surface area contributed by atoms with Gasteiger partial charge in [-0.25, -0.2) is 0 Å². The molecule has 1 N–H and O–H groups in total. The van der Waals surface area contributed by atoms with E-state index in [9.17, 15) is 9.59 Å². The summed E-state index contributed by atoms with van der Waals surface area (Å²) in [6, 6.07) is 20.4. The standard InChI is InChI=1S/C29H33ClN2O3/c1-5-31-29(34)26(17-23-11-7-6-8-12-23)32(18-24-13-9-10-14-25(24)30)28(33)19-35-27-16-20(2)15-21(3)22(27)4/h6-16,26H,5,17-19H2,1-4H3,(H,31,34)/t26-/m1/s1. The Balaban J connectivity index is 1.93. The second-order valence-corrected chi connectivity index (χ2v) is 9.11. The Morgan fingerprint density at radius 3 is 2.37 bits per heavy atom. The van der Waals surface area contributed by atoms with E-state index in [1.807, 2.05) is 82.3 Å². The zero-order valence-electron chi connectivity index (χ0n) is 20.8. The molecule has 35 heavy (non-hydrogen) atoms. The molecule has 0 radical (unpaired) electrons. The van der Waals surface area contributed by atoms with E-state index in [0.29, 0.717) is 23.7 Å². The molecule has 3 aromatic rings. The lowest BCUT2D eigenvalue weighted by molar-refractivity contribution is -0.142. The molecule has 3 rings (SSSR count). The number of rotatable bonds is 10. The summed E-state index contributed by atoms with van der Waals surface area (Å²) in [6.45, 7) is 8.34. The third-order valence-corrected chi connectivity index (χ3v) is 6.40. The first-order chi connectivity index (χ1) is 16.8. The number of carbonyl (C=O) groups excluding carboxylic acids is 2. The maximum atomic E-state index is 13.6. The van der Waals surface area contributed by atoms with Gasteiger partial charge in [0.1, 0.15) is 11.8 Å². The van der Waals surface area contributed by atoms with Gasteiger partial charge in [-0.1, -0.05) is 66.2 Å². The van der Waals surface area contributed by atoms with Crippen LogP contribution in [0.5, 0.6) is 5.75 Å². The molecule has 3 aromatic carbocycles. The summed E-state index contributed by atoms with van der Waals surface area (Å²) in [5, 5.41) is 3.44. The van der Waals surface area contributed by atoms with Crippen LogP contribution < -0.4 is 10.1 Å². The highest BCUT2D eigenvalue weighted by Gasteiger charge is 2.31. The van der Waals surface area contributed by atoms with Gasteiger partial charge in [0.05, 0.1) is 0 Å². The average Bonchev–Trinajstić information content (AvgIpc) is 2.84. The molecule has 0 aliphatic rings. The predicted molar refractivity (Wildman–Crippen MR) is 141 cm³/mol. The van der Waals surface area contributed by atoms with Crippen molar-refractivity contribution in [3.05, 3.63) is 99.6 Å². The van der Waals surface area contributed by atoms with Gasteiger partial charge in [-0.3, -0.25) is 9.59 Å². The lowest BCUT2D eigenvalue weighted by Crippen LogP contribution is -2.51. The zero-order chi connectivity index (χ0) is 25.4. The third kappa shape index (κ3) is 7.09. The van der Waals surface area contributed by atoms with Crippen molar-refractivity contribution in [1.82, 2.24) is 10.2 Å². The summed E-state index contributed by atoms with van der Waals surface area (Å²) in [6.07, 6.45) is 0.380. The molecule has 0 saturated carbocycles. The van der Waals surface area contributed by atoms with E-state index in [0.717, 1.165) is 27.8 Å². The molecule has 0 unspecified atom stereocenters. The van der Waals surface area contributed by atoms with Crippen molar-refractivity contribution in [1.29, 1.82) is 0 Å². The number of carbonyl (C=O) groups is 2. The van der Waals surface area contributed by atoms with Gasteiger partial charge in [0.2, 0.25) is 5.91 Å². The number of likely N-dealkylation sites (N-methyl/N-ethyl adjacent to an activating group) is 1. The van der Waals surface area contributed by atoms with E-state index in [-0.39, 0.29) is 25.0 Å². The van der Waals surface area contributed by atoms with Crippen LogP contribution in [-0.2, 0) is 22.6 Å². The van der Waals surface area contributed by atoms with Gasteiger partial charge < -0.3 is 15.0 Å². The molecule has 0 aliphatic heterocycles. The monoisotopic (exact) mass is 492 g/mol. The lowest BCUT2D eigenvalue weighted by Gasteiger charge is -2.31. The third-order valence-electron chi connectivity index (χ3n) is 6.04. The minimum atomic E-state index is -0.718. The summed E-state index contributed by atoms with van der Waals surface area (Å²) < 4.78 is 5.99. The molecule has 1 atom stereocenters. The maximum absolute atomic E-state index is 13.6. The van der Waals surface area contributed by atoms with Crippen LogP contribution >= 0.6 is 11.6 Å². The van der Waals surface area contributed by atoms with Crippen molar-refractivity contribution in [2.45, 2.75) is 46.7 Å². The Morgan fingerprint density at radius 1 is 1.00 bits per heavy atom. The van der Waals surface area contributed by atoms with Gasteiger partial charge in [0.25, 0.3) is 5.91 Å². The molecular weight excluding hydrogens is 460 g/mol. The lowest BCUT2D eigenvalue weighted by atomic mass is 10.0. The van der Waals surface area contributed by atoms with Crippen LogP contribution in [0.3, 0.4) is 0 Å². The van der Waals surface area contributed by atoms with Crippen LogP contribution in [0.1, 0.15) is 34.7 Å². The van der Waals surface area contributed by atoms with Crippen molar-refractivity contribution in [3.63, 3.8) is 0 Å². The number of aryl methyl sites for hydroxylation is 2.